The van der Waals surface area contributed by atoms with Crippen molar-refractivity contribution in [2.75, 3.05) is 6.54 Å². The number of rotatable bonds is 0. The lowest BCUT2D eigenvalue weighted by atomic mass is 10.5. The van der Waals surface area contributed by atoms with Gasteiger partial charge in [0, 0.05) is 6.54 Å². The maximum atomic E-state index is 4.08. The zero-order valence-electron chi connectivity index (χ0n) is 5.78. The summed E-state index contributed by atoms with van der Waals surface area (Å²) < 4.78 is 2.06. The molecule has 0 bridgehead atoms. The van der Waals surface area contributed by atoms with Gasteiger partial charge in [-0.2, -0.15) is 0 Å². The minimum Gasteiger partial charge on any atom is -0.309 e. The highest BCUT2D eigenvalue weighted by molar-refractivity contribution is 5.75. The van der Waals surface area contributed by atoms with Crippen LogP contribution in [-0.2, 0) is 6.54 Å². The first-order chi connectivity index (χ1) is 4.88. The van der Waals surface area contributed by atoms with Crippen molar-refractivity contribution in [3.05, 3.63) is 11.6 Å². The highest BCUT2D eigenvalue weighted by atomic mass is 15.3. The van der Waals surface area contributed by atoms with Crippen LogP contribution in [-0.4, -0.2) is 27.5 Å². The molecule has 0 saturated carbocycles. The summed E-state index contributed by atoms with van der Waals surface area (Å²) in [4.78, 5) is 4.08. The van der Waals surface area contributed by atoms with Gasteiger partial charge in [-0.3, -0.25) is 4.99 Å². The topological polar surface area (TPSA) is 43.1 Å². The van der Waals surface area contributed by atoms with Gasteiger partial charge in [-0.1, -0.05) is 0 Å². The Kier molecular flexibility index (Phi) is 1.06. The molecule has 0 saturated heterocycles. The van der Waals surface area contributed by atoms with Gasteiger partial charge in [-0.05, 0) is 6.92 Å². The Labute approximate surface area is 58.6 Å². The number of aliphatic imine (C=N–C) groups is 1. The van der Waals surface area contributed by atoms with Crippen LogP contribution >= 0.6 is 0 Å². The van der Waals surface area contributed by atoms with Gasteiger partial charge in [0.2, 0.25) is 0 Å². The second kappa shape index (κ2) is 1.90. The van der Waals surface area contributed by atoms with Crippen LogP contribution < -0.4 is 0 Å². The van der Waals surface area contributed by atoms with Gasteiger partial charge in [0.15, 0.2) is 5.82 Å². The van der Waals surface area contributed by atoms with Crippen molar-refractivity contribution in [1.82, 2.24) is 14.8 Å². The van der Waals surface area contributed by atoms with Crippen LogP contribution in [0.25, 0.3) is 0 Å². The lowest BCUT2D eigenvalue weighted by molar-refractivity contribution is 0.666. The second-order valence-electron chi connectivity index (χ2n) is 2.29. The van der Waals surface area contributed by atoms with Crippen LogP contribution in [0, 0.1) is 6.92 Å². The number of fused-ring (bicyclic) bond motifs is 1. The van der Waals surface area contributed by atoms with E-state index in [1.54, 1.807) is 6.21 Å². The van der Waals surface area contributed by atoms with Crippen molar-refractivity contribution in [1.29, 1.82) is 0 Å². The van der Waals surface area contributed by atoms with Gasteiger partial charge in [-0.25, -0.2) is 0 Å². The fourth-order valence-electron chi connectivity index (χ4n) is 1.07. The molecule has 0 fully saturated rings. The molecule has 1 aromatic heterocycles. The SMILES string of the molecule is Cc1nnc2n1CCN=C2. The fraction of sp³-hybridized carbons (Fsp3) is 0.500. The molecule has 1 aliphatic rings. The molecule has 10 heavy (non-hydrogen) atoms. The van der Waals surface area contributed by atoms with Crippen LogP contribution in [0.4, 0.5) is 0 Å². The Morgan fingerprint density at radius 1 is 1.50 bits per heavy atom. The summed E-state index contributed by atoms with van der Waals surface area (Å²) in [5.74, 6) is 1.85. The van der Waals surface area contributed by atoms with Gasteiger partial charge >= 0.3 is 0 Å². The molecule has 2 rings (SSSR count). The van der Waals surface area contributed by atoms with Crippen LogP contribution in [0.15, 0.2) is 4.99 Å². The summed E-state index contributed by atoms with van der Waals surface area (Å²) in [5.41, 5.74) is 0. The van der Waals surface area contributed by atoms with Crippen molar-refractivity contribution in [2.24, 2.45) is 4.99 Å². The molecule has 0 atom stereocenters. The highest BCUT2D eigenvalue weighted by Crippen LogP contribution is 2.01. The highest BCUT2D eigenvalue weighted by Gasteiger charge is 2.07. The predicted molar refractivity (Wildman–Crippen MR) is 37.2 cm³/mol. The third kappa shape index (κ3) is 0.650. The van der Waals surface area contributed by atoms with E-state index in [4.69, 9.17) is 0 Å². The molecular formula is C6H8N4. The minimum absolute atomic E-state index is 0.853. The van der Waals surface area contributed by atoms with Crippen molar-refractivity contribution >= 4 is 6.21 Å². The Bertz CT molecular complexity index is 273. The van der Waals surface area contributed by atoms with Crippen LogP contribution in [0.5, 0.6) is 0 Å². The number of hydrogen-bond acceptors (Lipinski definition) is 3. The summed E-state index contributed by atoms with van der Waals surface area (Å²) in [6.07, 6.45) is 1.77. The molecular weight excluding hydrogens is 128 g/mol. The molecule has 4 nitrogen and oxygen atoms in total. The molecule has 0 aromatic carbocycles. The first-order valence-electron chi connectivity index (χ1n) is 3.27. The average molecular weight is 136 g/mol. The maximum Gasteiger partial charge on any atom is 0.174 e. The summed E-state index contributed by atoms with van der Waals surface area (Å²) in [6.45, 7) is 3.73. The van der Waals surface area contributed by atoms with E-state index in [-0.39, 0.29) is 0 Å². The third-order valence-electron chi connectivity index (χ3n) is 1.62. The summed E-state index contributed by atoms with van der Waals surface area (Å²) in [6, 6.07) is 0. The largest absolute Gasteiger partial charge is 0.309 e. The molecule has 0 radical (unpaired) electrons. The van der Waals surface area contributed by atoms with E-state index in [2.05, 4.69) is 19.8 Å². The Morgan fingerprint density at radius 3 is 3.20 bits per heavy atom. The number of aryl methyl sites for hydroxylation is 1. The number of nitrogens with zero attached hydrogens (tertiary/aromatic N) is 4. The fourth-order valence-corrected chi connectivity index (χ4v) is 1.07. The average Bonchev–Trinajstić information content (AvgIpc) is 2.34. The third-order valence-corrected chi connectivity index (χ3v) is 1.62. The summed E-state index contributed by atoms with van der Waals surface area (Å²) >= 11 is 0. The first kappa shape index (κ1) is 5.58. The van der Waals surface area contributed by atoms with Crippen LogP contribution in [0.1, 0.15) is 11.6 Å². The van der Waals surface area contributed by atoms with E-state index in [9.17, 15) is 0 Å². The van der Waals surface area contributed by atoms with Gasteiger partial charge in [-0.15, -0.1) is 10.2 Å². The van der Waals surface area contributed by atoms with Crippen molar-refractivity contribution in [3.8, 4) is 0 Å². The van der Waals surface area contributed by atoms with Crippen molar-refractivity contribution in [3.63, 3.8) is 0 Å². The molecule has 1 aromatic rings. The van der Waals surface area contributed by atoms with Gasteiger partial charge in [0.1, 0.15) is 5.82 Å². The zero-order valence-corrected chi connectivity index (χ0v) is 5.78. The van der Waals surface area contributed by atoms with Crippen LogP contribution in [0.2, 0.25) is 0 Å². The molecule has 0 N–H and O–H groups in total. The standard InChI is InChI=1S/C6H8N4/c1-5-8-9-6-4-7-2-3-10(5)6/h4H,2-3H2,1H3. The lowest BCUT2D eigenvalue weighted by Gasteiger charge is -2.06. The molecule has 0 spiro atoms. The number of hydrogen-bond donors (Lipinski definition) is 0. The monoisotopic (exact) mass is 136 g/mol. The van der Waals surface area contributed by atoms with Gasteiger partial charge in [0.05, 0.1) is 12.8 Å². The van der Waals surface area contributed by atoms with Gasteiger partial charge in [0.25, 0.3) is 0 Å². The normalized spacial score (nSPS) is 15.3. The van der Waals surface area contributed by atoms with E-state index in [1.165, 1.54) is 0 Å². The van der Waals surface area contributed by atoms with Crippen LogP contribution in [0.3, 0.4) is 0 Å². The van der Waals surface area contributed by atoms with E-state index in [0.717, 1.165) is 24.7 Å². The van der Waals surface area contributed by atoms with E-state index < -0.39 is 0 Å². The Morgan fingerprint density at radius 2 is 2.40 bits per heavy atom. The van der Waals surface area contributed by atoms with Crippen molar-refractivity contribution in [2.45, 2.75) is 13.5 Å². The van der Waals surface area contributed by atoms with E-state index in [0.29, 0.717) is 0 Å². The van der Waals surface area contributed by atoms with Crippen molar-refractivity contribution < 1.29 is 0 Å². The first-order valence-corrected chi connectivity index (χ1v) is 3.27. The smallest absolute Gasteiger partial charge is 0.174 e. The van der Waals surface area contributed by atoms with E-state index in [1.807, 2.05) is 6.92 Å². The number of aromatic nitrogens is 3. The summed E-state index contributed by atoms with van der Waals surface area (Å²) in [7, 11) is 0. The van der Waals surface area contributed by atoms with Gasteiger partial charge < -0.3 is 4.57 Å². The summed E-state index contributed by atoms with van der Waals surface area (Å²) in [5, 5.41) is 7.84. The molecule has 0 unspecified atom stereocenters. The molecule has 52 valence electrons. The quantitative estimate of drug-likeness (QED) is 0.504. The van der Waals surface area contributed by atoms with E-state index >= 15 is 0 Å². The Balaban J connectivity index is 2.57. The maximum absolute atomic E-state index is 4.08. The Hall–Kier alpha value is -1.19. The predicted octanol–water partition coefficient (Wildman–Crippen LogP) is 0.0190. The molecule has 0 amide bonds. The zero-order chi connectivity index (χ0) is 6.97. The minimum atomic E-state index is 0.853. The molecule has 4 heteroatoms. The molecule has 0 aliphatic carbocycles. The second-order valence-corrected chi connectivity index (χ2v) is 2.29. The molecule has 2 heterocycles. The lowest BCUT2D eigenvalue weighted by Crippen LogP contribution is -2.12. The molecule has 1 aliphatic heterocycles.